The van der Waals surface area contributed by atoms with Crippen molar-refractivity contribution < 1.29 is 18.8 Å². The Balaban J connectivity index is 2.48. The van der Waals surface area contributed by atoms with Gasteiger partial charge in [0.1, 0.15) is 6.10 Å². The lowest BCUT2D eigenvalue weighted by molar-refractivity contribution is -0.133. The molecular formula is C15H27N5O4. The smallest absolute Gasteiger partial charge is 0.246 e. The molecule has 3 N–H and O–H groups in total. The Hall–Kier alpha value is -2.00. The molecule has 2 amide bonds. The number of carbonyl (C=O) groups excluding carboxylic acids is 2. The Morgan fingerprint density at radius 3 is 2.62 bits per heavy atom. The van der Waals surface area contributed by atoms with Crippen molar-refractivity contribution in [3.05, 3.63) is 11.7 Å². The van der Waals surface area contributed by atoms with Gasteiger partial charge in [-0.3, -0.25) is 9.59 Å². The molecule has 0 aliphatic heterocycles. The van der Waals surface area contributed by atoms with Crippen molar-refractivity contribution >= 4 is 11.8 Å². The molecule has 1 aromatic heterocycles. The van der Waals surface area contributed by atoms with E-state index in [1.54, 1.807) is 7.05 Å². The van der Waals surface area contributed by atoms with E-state index in [2.05, 4.69) is 15.5 Å². The third kappa shape index (κ3) is 5.89. The first-order valence-electron chi connectivity index (χ1n) is 7.97. The number of nitrogens with one attached hydrogen (secondary N) is 1. The van der Waals surface area contributed by atoms with Crippen LogP contribution in [-0.4, -0.2) is 53.1 Å². The van der Waals surface area contributed by atoms with Crippen LogP contribution < -0.4 is 11.1 Å². The third-order valence-electron chi connectivity index (χ3n) is 3.50. The van der Waals surface area contributed by atoms with Crippen LogP contribution in [0, 0.1) is 5.92 Å². The van der Waals surface area contributed by atoms with Crippen molar-refractivity contribution in [2.45, 2.75) is 46.4 Å². The lowest BCUT2D eigenvalue weighted by atomic mass is 10.1. The van der Waals surface area contributed by atoms with Gasteiger partial charge in [-0.25, -0.2) is 0 Å². The van der Waals surface area contributed by atoms with Crippen molar-refractivity contribution in [3.63, 3.8) is 0 Å². The van der Waals surface area contributed by atoms with Gasteiger partial charge in [-0.15, -0.1) is 0 Å². The Morgan fingerprint density at radius 1 is 1.38 bits per heavy atom. The zero-order valence-corrected chi connectivity index (χ0v) is 14.9. The van der Waals surface area contributed by atoms with Gasteiger partial charge in [0.05, 0.1) is 19.1 Å². The minimum atomic E-state index is -0.637. The first-order valence-corrected chi connectivity index (χ1v) is 7.97. The van der Waals surface area contributed by atoms with Gasteiger partial charge in [-0.1, -0.05) is 19.0 Å². The summed E-state index contributed by atoms with van der Waals surface area (Å²) in [6.45, 7) is 7.94. The minimum Gasteiger partial charge on any atom is -0.371 e. The summed E-state index contributed by atoms with van der Waals surface area (Å²) >= 11 is 0. The molecule has 1 unspecified atom stereocenters. The summed E-state index contributed by atoms with van der Waals surface area (Å²) in [6, 6.07) is -0.637. The molecule has 0 fully saturated rings. The summed E-state index contributed by atoms with van der Waals surface area (Å²) in [5.41, 5.74) is 5.72. The SMILES string of the molecule is CCOC(C)c1noc(CN(C)C(=O)CNC(=O)[C@@H](N)C(C)C)n1. The number of aromatic nitrogens is 2. The van der Waals surface area contributed by atoms with E-state index in [4.69, 9.17) is 15.0 Å². The fraction of sp³-hybridized carbons (Fsp3) is 0.733. The second kappa shape index (κ2) is 9.33. The molecule has 1 rings (SSSR count). The molecule has 1 aromatic rings. The van der Waals surface area contributed by atoms with Gasteiger partial charge in [-0.05, 0) is 19.8 Å². The molecule has 9 heteroatoms. The molecule has 0 aliphatic rings. The zero-order valence-electron chi connectivity index (χ0n) is 14.9. The Labute approximate surface area is 141 Å². The topological polar surface area (TPSA) is 124 Å². The summed E-state index contributed by atoms with van der Waals surface area (Å²) < 4.78 is 10.5. The average Bonchev–Trinajstić information content (AvgIpc) is 3.00. The molecular weight excluding hydrogens is 314 g/mol. The molecule has 0 saturated carbocycles. The van der Waals surface area contributed by atoms with Crippen LogP contribution in [0.3, 0.4) is 0 Å². The van der Waals surface area contributed by atoms with E-state index in [0.717, 1.165) is 0 Å². The number of amides is 2. The van der Waals surface area contributed by atoms with Gasteiger partial charge in [0, 0.05) is 13.7 Å². The fourth-order valence-corrected chi connectivity index (χ4v) is 1.83. The average molecular weight is 341 g/mol. The van der Waals surface area contributed by atoms with Crippen LogP contribution in [0.4, 0.5) is 0 Å². The van der Waals surface area contributed by atoms with Gasteiger partial charge in [0.15, 0.2) is 5.82 Å². The molecule has 1 heterocycles. The van der Waals surface area contributed by atoms with E-state index in [-0.39, 0.29) is 36.9 Å². The van der Waals surface area contributed by atoms with Gasteiger partial charge in [0.2, 0.25) is 17.7 Å². The van der Waals surface area contributed by atoms with Gasteiger partial charge >= 0.3 is 0 Å². The van der Waals surface area contributed by atoms with Crippen LogP contribution in [0.5, 0.6) is 0 Å². The fourth-order valence-electron chi connectivity index (χ4n) is 1.83. The Morgan fingerprint density at radius 2 is 2.04 bits per heavy atom. The first kappa shape index (κ1) is 20.0. The summed E-state index contributed by atoms with van der Waals surface area (Å²) in [5.74, 6) is 0.109. The van der Waals surface area contributed by atoms with E-state index in [1.807, 2.05) is 27.7 Å². The highest BCUT2D eigenvalue weighted by Gasteiger charge is 2.20. The van der Waals surface area contributed by atoms with Gasteiger partial charge in [-0.2, -0.15) is 4.98 Å². The lowest BCUT2D eigenvalue weighted by Crippen LogP contribution is -2.47. The number of nitrogens with two attached hydrogens (primary N) is 1. The molecule has 9 nitrogen and oxygen atoms in total. The first-order chi connectivity index (χ1) is 11.3. The van der Waals surface area contributed by atoms with E-state index >= 15 is 0 Å². The van der Waals surface area contributed by atoms with E-state index in [9.17, 15) is 9.59 Å². The second-order valence-corrected chi connectivity index (χ2v) is 5.88. The Bertz CT molecular complexity index is 546. The monoisotopic (exact) mass is 341 g/mol. The van der Waals surface area contributed by atoms with Gasteiger partial charge < -0.3 is 25.2 Å². The van der Waals surface area contributed by atoms with Crippen LogP contribution in [0.2, 0.25) is 0 Å². The zero-order chi connectivity index (χ0) is 18.3. The van der Waals surface area contributed by atoms with Crippen LogP contribution in [0.15, 0.2) is 4.52 Å². The van der Waals surface area contributed by atoms with Crippen LogP contribution in [0.1, 0.15) is 45.5 Å². The van der Waals surface area contributed by atoms with Crippen molar-refractivity contribution in [2.75, 3.05) is 20.2 Å². The van der Waals surface area contributed by atoms with Crippen molar-refractivity contribution in [1.29, 1.82) is 0 Å². The highest BCUT2D eigenvalue weighted by molar-refractivity contribution is 5.87. The van der Waals surface area contributed by atoms with E-state index in [1.165, 1.54) is 4.90 Å². The quantitative estimate of drug-likeness (QED) is 0.658. The Kier molecular flexibility index (Phi) is 7.80. The number of nitrogens with zero attached hydrogens (tertiary/aromatic N) is 3. The van der Waals surface area contributed by atoms with Crippen molar-refractivity contribution in [1.82, 2.24) is 20.4 Å². The van der Waals surface area contributed by atoms with Crippen LogP contribution in [-0.2, 0) is 20.9 Å². The van der Waals surface area contributed by atoms with Crippen LogP contribution in [0.25, 0.3) is 0 Å². The molecule has 0 aromatic carbocycles. The molecule has 0 saturated heterocycles. The molecule has 136 valence electrons. The third-order valence-corrected chi connectivity index (χ3v) is 3.50. The van der Waals surface area contributed by atoms with E-state index in [0.29, 0.717) is 18.3 Å². The van der Waals surface area contributed by atoms with Gasteiger partial charge in [0.25, 0.3) is 0 Å². The number of hydrogen-bond acceptors (Lipinski definition) is 7. The number of rotatable bonds is 9. The highest BCUT2D eigenvalue weighted by atomic mass is 16.5. The normalized spacial score (nSPS) is 13.6. The number of hydrogen-bond donors (Lipinski definition) is 2. The predicted molar refractivity (Wildman–Crippen MR) is 86.6 cm³/mol. The van der Waals surface area contributed by atoms with E-state index < -0.39 is 6.04 Å². The van der Waals surface area contributed by atoms with Crippen molar-refractivity contribution in [2.24, 2.45) is 11.7 Å². The molecule has 0 bridgehead atoms. The molecule has 0 radical (unpaired) electrons. The maximum Gasteiger partial charge on any atom is 0.246 e. The largest absolute Gasteiger partial charge is 0.371 e. The molecule has 0 aliphatic carbocycles. The van der Waals surface area contributed by atoms with Crippen LogP contribution >= 0.6 is 0 Å². The second-order valence-electron chi connectivity index (χ2n) is 5.88. The highest BCUT2D eigenvalue weighted by Crippen LogP contribution is 2.13. The number of ether oxygens (including phenoxy) is 1. The molecule has 2 atom stereocenters. The predicted octanol–water partition coefficient (Wildman–Crippen LogP) is 0.225. The maximum atomic E-state index is 12.0. The molecule has 0 spiro atoms. The standard InChI is InChI=1S/C15H27N5O4/c1-6-23-10(4)14-18-11(24-19-14)8-20(5)12(21)7-17-15(22)13(16)9(2)3/h9-10,13H,6-8,16H2,1-5H3,(H,17,22)/t10?,13-/m0/s1. The summed E-state index contributed by atoms with van der Waals surface area (Å²) in [5, 5.41) is 6.36. The summed E-state index contributed by atoms with van der Waals surface area (Å²) in [4.78, 5) is 29.4. The van der Waals surface area contributed by atoms with Crippen molar-refractivity contribution in [3.8, 4) is 0 Å². The summed E-state index contributed by atoms with van der Waals surface area (Å²) in [6.07, 6.45) is -0.273. The summed E-state index contributed by atoms with van der Waals surface area (Å²) in [7, 11) is 1.59. The number of likely N-dealkylation sites (N-methyl/N-ethyl adjacent to an activating group) is 1. The lowest BCUT2D eigenvalue weighted by Gasteiger charge is -2.18. The maximum absolute atomic E-state index is 12.0. The molecule has 24 heavy (non-hydrogen) atoms. The minimum absolute atomic E-state index is 0.00183. The number of carbonyl (C=O) groups is 2.